The lowest BCUT2D eigenvalue weighted by atomic mass is 10.1. The second-order valence-electron chi connectivity index (χ2n) is 3.89. The molecule has 16 heavy (non-hydrogen) atoms. The zero-order valence-corrected chi connectivity index (χ0v) is 9.39. The molecule has 1 aromatic carbocycles. The summed E-state index contributed by atoms with van der Waals surface area (Å²) in [5.74, 6) is -0.232. The summed E-state index contributed by atoms with van der Waals surface area (Å²) in [4.78, 5) is 11.5. The van der Waals surface area contributed by atoms with Gasteiger partial charge in [0.05, 0.1) is 12.1 Å². The molecule has 4 nitrogen and oxygen atoms in total. The van der Waals surface area contributed by atoms with Crippen molar-refractivity contribution in [1.82, 2.24) is 5.32 Å². The molecule has 0 fully saturated rings. The highest BCUT2D eigenvalue weighted by Gasteiger charge is 2.13. The quantitative estimate of drug-likeness (QED) is 0.659. The Labute approximate surface area is 95.5 Å². The normalized spacial score (nSPS) is 14.2. The molecular weight excluding hydrogens is 204 g/mol. The van der Waals surface area contributed by atoms with E-state index in [1.165, 1.54) is 0 Å². The molecule has 1 aromatic rings. The molecule has 0 radical (unpaired) electrons. The molecule has 0 aromatic heterocycles. The average Bonchev–Trinajstić information content (AvgIpc) is 2.27. The average molecular weight is 222 g/mol. The van der Waals surface area contributed by atoms with E-state index in [-0.39, 0.29) is 12.5 Å². The monoisotopic (exact) mass is 222 g/mol. The molecule has 0 saturated heterocycles. The van der Waals surface area contributed by atoms with Crippen LogP contribution in [0.15, 0.2) is 30.3 Å². The van der Waals surface area contributed by atoms with Crippen molar-refractivity contribution in [3.8, 4) is 0 Å². The van der Waals surface area contributed by atoms with Crippen LogP contribution >= 0.6 is 0 Å². The van der Waals surface area contributed by atoms with E-state index in [4.69, 9.17) is 10.8 Å². The summed E-state index contributed by atoms with van der Waals surface area (Å²) >= 11 is 0. The molecule has 0 aliphatic rings. The number of hydrogen-bond donors (Lipinski definition) is 3. The maximum absolute atomic E-state index is 11.5. The number of benzene rings is 1. The minimum absolute atomic E-state index is 0.232. The van der Waals surface area contributed by atoms with E-state index in [2.05, 4.69) is 5.32 Å². The van der Waals surface area contributed by atoms with Crippen LogP contribution in [0, 0.1) is 0 Å². The fourth-order valence-electron chi connectivity index (χ4n) is 1.34. The SMILES string of the molecule is C[C@H](O)CNC(=O)[C@H](N)Cc1ccccc1. The van der Waals surface area contributed by atoms with Crippen LogP contribution < -0.4 is 11.1 Å². The number of nitrogens with one attached hydrogen (secondary N) is 1. The third-order valence-corrected chi connectivity index (χ3v) is 2.21. The largest absolute Gasteiger partial charge is 0.392 e. The molecule has 1 amide bonds. The number of hydrogen-bond acceptors (Lipinski definition) is 3. The van der Waals surface area contributed by atoms with Crippen LogP contribution in [0.5, 0.6) is 0 Å². The van der Waals surface area contributed by atoms with Crippen LogP contribution in [0.25, 0.3) is 0 Å². The van der Waals surface area contributed by atoms with Gasteiger partial charge in [-0.2, -0.15) is 0 Å². The van der Waals surface area contributed by atoms with E-state index in [1.54, 1.807) is 6.92 Å². The smallest absolute Gasteiger partial charge is 0.237 e. The molecule has 0 saturated carbocycles. The Morgan fingerprint density at radius 3 is 2.62 bits per heavy atom. The summed E-state index contributed by atoms with van der Waals surface area (Å²) in [5, 5.41) is 11.6. The first-order chi connectivity index (χ1) is 7.59. The third kappa shape index (κ3) is 4.42. The van der Waals surface area contributed by atoms with Gasteiger partial charge in [0.25, 0.3) is 0 Å². The van der Waals surface area contributed by atoms with Crippen LogP contribution in [0.3, 0.4) is 0 Å². The van der Waals surface area contributed by atoms with Gasteiger partial charge in [0.2, 0.25) is 5.91 Å². The fraction of sp³-hybridized carbons (Fsp3) is 0.417. The van der Waals surface area contributed by atoms with Crippen LogP contribution in [0.2, 0.25) is 0 Å². The number of carbonyl (C=O) groups is 1. The Morgan fingerprint density at radius 1 is 1.44 bits per heavy atom. The number of carbonyl (C=O) groups excluding carboxylic acids is 1. The molecule has 0 aliphatic carbocycles. The van der Waals surface area contributed by atoms with Crippen molar-refractivity contribution in [2.45, 2.75) is 25.5 Å². The molecule has 0 aliphatic heterocycles. The zero-order chi connectivity index (χ0) is 12.0. The highest BCUT2D eigenvalue weighted by molar-refractivity contribution is 5.81. The predicted molar refractivity (Wildman–Crippen MR) is 62.8 cm³/mol. The van der Waals surface area contributed by atoms with Gasteiger partial charge in [-0.25, -0.2) is 0 Å². The van der Waals surface area contributed by atoms with Gasteiger partial charge in [0.15, 0.2) is 0 Å². The van der Waals surface area contributed by atoms with Crippen molar-refractivity contribution >= 4 is 5.91 Å². The Kier molecular flexibility index (Phi) is 4.95. The number of aliphatic hydroxyl groups is 1. The van der Waals surface area contributed by atoms with Gasteiger partial charge in [-0.05, 0) is 18.9 Å². The predicted octanol–water partition coefficient (Wildman–Crippen LogP) is 0.0534. The van der Waals surface area contributed by atoms with Crippen molar-refractivity contribution in [2.75, 3.05) is 6.54 Å². The molecule has 0 bridgehead atoms. The van der Waals surface area contributed by atoms with Crippen molar-refractivity contribution in [3.63, 3.8) is 0 Å². The molecule has 88 valence electrons. The maximum Gasteiger partial charge on any atom is 0.237 e. The van der Waals surface area contributed by atoms with Gasteiger partial charge < -0.3 is 16.2 Å². The van der Waals surface area contributed by atoms with Gasteiger partial charge in [0, 0.05) is 6.54 Å². The van der Waals surface area contributed by atoms with Crippen LogP contribution in [-0.2, 0) is 11.2 Å². The van der Waals surface area contributed by atoms with Gasteiger partial charge in [-0.3, -0.25) is 4.79 Å². The number of aliphatic hydroxyl groups excluding tert-OH is 1. The summed E-state index contributed by atoms with van der Waals surface area (Å²) in [6.07, 6.45) is -0.0418. The highest BCUT2D eigenvalue weighted by atomic mass is 16.3. The first-order valence-electron chi connectivity index (χ1n) is 5.35. The molecule has 1 rings (SSSR count). The third-order valence-electron chi connectivity index (χ3n) is 2.21. The standard InChI is InChI=1S/C12H18N2O2/c1-9(15)8-14-12(16)11(13)7-10-5-3-2-4-6-10/h2-6,9,11,15H,7-8,13H2,1H3,(H,14,16)/t9-,11+/m0/s1. The Hall–Kier alpha value is -1.39. The number of rotatable bonds is 5. The van der Waals surface area contributed by atoms with Crippen LogP contribution in [0.4, 0.5) is 0 Å². The summed E-state index contributed by atoms with van der Waals surface area (Å²) < 4.78 is 0. The molecule has 4 N–H and O–H groups in total. The first-order valence-corrected chi connectivity index (χ1v) is 5.35. The highest BCUT2D eigenvalue weighted by Crippen LogP contribution is 2.01. The van der Waals surface area contributed by atoms with Gasteiger partial charge in [0.1, 0.15) is 0 Å². The van der Waals surface area contributed by atoms with E-state index < -0.39 is 12.1 Å². The molecule has 0 heterocycles. The number of nitrogens with two attached hydrogens (primary N) is 1. The van der Waals surface area contributed by atoms with E-state index in [9.17, 15) is 4.79 Å². The van der Waals surface area contributed by atoms with Gasteiger partial charge >= 0.3 is 0 Å². The molecule has 0 unspecified atom stereocenters. The first kappa shape index (κ1) is 12.7. The van der Waals surface area contributed by atoms with E-state index >= 15 is 0 Å². The summed E-state index contributed by atoms with van der Waals surface area (Å²) in [5.41, 5.74) is 6.77. The Morgan fingerprint density at radius 2 is 2.06 bits per heavy atom. The van der Waals surface area contributed by atoms with Crippen molar-refractivity contribution < 1.29 is 9.90 Å². The summed E-state index contributed by atoms with van der Waals surface area (Å²) in [7, 11) is 0. The Bertz CT molecular complexity index is 325. The minimum atomic E-state index is -0.568. The summed E-state index contributed by atoms with van der Waals surface area (Å²) in [6.45, 7) is 1.85. The fourth-order valence-corrected chi connectivity index (χ4v) is 1.34. The molecule has 2 atom stereocenters. The number of amides is 1. The Balaban J connectivity index is 2.40. The van der Waals surface area contributed by atoms with E-state index in [0.717, 1.165) is 5.56 Å². The van der Waals surface area contributed by atoms with Gasteiger partial charge in [-0.15, -0.1) is 0 Å². The topological polar surface area (TPSA) is 75.3 Å². The van der Waals surface area contributed by atoms with E-state index in [0.29, 0.717) is 6.42 Å². The van der Waals surface area contributed by atoms with Gasteiger partial charge in [-0.1, -0.05) is 30.3 Å². The molecular formula is C12H18N2O2. The zero-order valence-electron chi connectivity index (χ0n) is 9.39. The lowest BCUT2D eigenvalue weighted by molar-refractivity contribution is -0.122. The van der Waals surface area contributed by atoms with Crippen LogP contribution in [0.1, 0.15) is 12.5 Å². The van der Waals surface area contributed by atoms with E-state index in [1.807, 2.05) is 30.3 Å². The minimum Gasteiger partial charge on any atom is -0.392 e. The van der Waals surface area contributed by atoms with Crippen molar-refractivity contribution in [3.05, 3.63) is 35.9 Å². The van der Waals surface area contributed by atoms with Crippen molar-refractivity contribution in [2.24, 2.45) is 5.73 Å². The summed E-state index contributed by atoms with van der Waals surface area (Å²) in [6, 6.07) is 9.04. The van der Waals surface area contributed by atoms with Crippen LogP contribution in [-0.4, -0.2) is 29.7 Å². The second kappa shape index (κ2) is 6.25. The lowest BCUT2D eigenvalue weighted by Crippen LogP contribution is -2.44. The molecule has 0 spiro atoms. The second-order valence-corrected chi connectivity index (χ2v) is 3.89. The maximum atomic E-state index is 11.5. The van der Waals surface area contributed by atoms with Crippen molar-refractivity contribution in [1.29, 1.82) is 0 Å². The lowest BCUT2D eigenvalue weighted by Gasteiger charge is -2.13. The molecule has 4 heteroatoms.